The molecule has 0 unspecified atom stereocenters. The molecule has 0 amide bonds. The predicted molar refractivity (Wildman–Crippen MR) is 92.1 cm³/mol. The maximum absolute atomic E-state index is 11.3. The van der Waals surface area contributed by atoms with Gasteiger partial charge in [-0.15, -0.1) is 11.3 Å². The molecule has 0 fully saturated rings. The van der Waals surface area contributed by atoms with Crippen LogP contribution >= 0.6 is 27.3 Å². The van der Waals surface area contributed by atoms with Crippen molar-refractivity contribution in [3.8, 4) is 21.8 Å². The summed E-state index contributed by atoms with van der Waals surface area (Å²) in [5, 5.41) is 7.95. The number of primary sulfonamides is 1. The van der Waals surface area contributed by atoms with Gasteiger partial charge in [0.25, 0.3) is 0 Å². The Labute approximate surface area is 140 Å². The van der Waals surface area contributed by atoms with Crippen LogP contribution in [-0.4, -0.2) is 13.4 Å². The van der Waals surface area contributed by atoms with Crippen molar-refractivity contribution in [2.45, 2.75) is 4.90 Å². The fourth-order valence-corrected chi connectivity index (χ4v) is 3.72. The Morgan fingerprint density at radius 2 is 1.77 bits per heavy atom. The molecule has 0 aliphatic heterocycles. The van der Waals surface area contributed by atoms with Gasteiger partial charge in [-0.2, -0.15) is 0 Å². The van der Waals surface area contributed by atoms with Crippen LogP contribution in [0, 0.1) is 0 Å². The summed E-state index contributed by atoms with van der Waals surface area (Å²) in [7, 11) is -3.67. The third-order valence-corrected chi connectivity index (χ3v) is 5.37. The Kier molecular flexibility index (Phi) is 4.14. The van der Waals surface area contributed by atoms with E-state index < -0.39 is 10.0 Å². The highest BCUT2D eigenvalue weighted by Crippen LogP contribution is 2.30. The van der Waals surface area contributed by atoms with Crippen molar-refractivity contribution in [3.63, 3.8) is 0 Å². The summed E-state index contributed by atoms with van der Waals surface area (Å²) >= 11 is 4.99. The van der Waals surface area contributed by atoms with E-state index in [9.17, 15) is 8.42 Å². The van der Waals surface area contributed by atoms with Gasteiger partial charge in [-0.05, 0) is 24.3 Å². The fraction of sp³-hybridized carbons (Fsp3) is 0. The van der Waals surface area contributed by atoms with Crippen LogP contribution in [0.5, 0.6) is 0 Å². The zero-order valence-corrected chi connectivity index (χ0v) is 14.5. The highest BCUT2D eigenvalue weighted by molar-refractivity contribution is 9.10. The van der Waals surface area contributed by atoms with Crippen LogP contribution < -0.4 is 5.14 Å². The average Bonchev–Trinajstić information content (AvgIpc) is 2.96. The molecule has 112 valence electrons. The van der Waals surface area contributed by atoms with Crippen molar-refractivity contribution in [1.29, 1.82) is 0 Å². The van der Waals surface area contributed by atoms with Crippen molar-refractivity contribution in [3.05, 3.63) is 58.4 Å². The molecule has 0 saturated carbocycles. The number of nitrogens with zero attached hydrogens (tertiary/aromatic N) is 1. The fourth-order valence-electron chi connectivity index (χ4n) is 1.98. The molecule has 2 aromatic carbocycles. The third kappa shape index (κ3) is 3.27. The van der Waals surface area contributed by atoms with Gasteiger partial charge < -0.3 is 0 Å². The van der Waals surface area contributed by atoms with E-state index >= 15 is 0 Å². The van der Waals surface area contributed by atoms with Crippen LogP contribution in [0.3, 0.4) is 0 Å². The molecule has 1 aromatic heterocycles. The Balaban J connectivity index is 1.94. The van der Waals surface area contributed by atoms with E-state index in [-0.39, 0.29) is 4.90 Å². The van der Waals surface area contributed by atoms with Crippen molar-refractivity contribution in [1.82, 2.24) is 4.98 Å². The molecule has 0 saturated heterocycles. The van der Waals surface area contributed by atoms with E-state index in [0.717, 1.165) is 26.3 Å². The van der Waals surface area contributed by atoms with E-state index in [1.165, 1.54) is 12.1 Å². The summed E-state index contributed by atoms with van der Waals surface area (Å²) in [5.74, 6) is 0. The number of benzene rings is 2. The molecular weight excluding hydrogens is 384 g/mol. The zero-order valence-electron chi connectivity index (χ0n) is 11.2. The maximum atomic E-state index is 11.3. The Bertz CT molecular complexity index is 919. The summed E-state index contributed by atoms with van der Waals surface area (Å²) in [6.07, 6.45) is 0. The van der Waals surface area contributed by atoms with Crippen molar-refractivity contribution >= 4 is 37.3 Å². The van der Waals surface area contributed by atoms with Gasteiger partial charge in [0, 0.05) is 21.0 Å². The lowest BCUT2D eigenvalue weighted by molar-refractivity contribution is 0.598. The van der Waals surface area contributed by atoms with E-state index in [2.05, 4.69) is 20.9 Å². The van der Waals surface area contributed by atoms with Crippen molar-refractivity contribution < 1.29 is 8.42 Å². The first kappa shape index (κ1) is 15.4. The second kappa shape index (κ2) is 5.92. The van der Waals surface area contributed by atoms with Gasteiger partial charge in [-0.25, -0.2) is 18.5 Å². The summed E-state index contributed by atoms with van der Waals surface area (Å²) in [4.78, 5) is 4.70. The van der Waals surface area contributed by atoms with Crippen molar-refractivity contribution in [2.75, 3.05) is 0 Å². The van der Waals surface area contributed by atoms with Crippen LogP contribution in [0.2, 0.25) is 0 Å². The number of halogens is 1. The molecule has 0 aliphatic rings. The number of aromatic nitrogens is 1. The molecule has 0 atom stereocenters. The van der Waals surface area contributed by atoms with E-state index in [1.54, 1.807) is 23.5 Å². The lowest BCUT2D eigenvalue weighted by atomic mass is 10.2. The molecular formula is C15H11BrN2O2S2. The summed E-state index contributed by atoms with van der Waals surface area (Å²) in [6, 6.07) is 14.3. The van der Waals surface area contributed by atoms with E-state index in [0.29, 0.717) is 0 Å². The minimum absolute atomic E-state index is 0.0960. The van der Waals surface area contributed by atoms with Crippen LogP contribution in [0.15, 0.2) is 63.3 Å². The first-order valence-corrected chi connectivity index (χ1v) is 9.50. The van der Waals surface area contributed by atoms with Crippen LogP contribution in [-0.2, 0) is 10.0 Å². The number of rotatable bonds is 3. The van der Waals surface area contributed by atoms with E-state index in [4.69, 9.17) is 5.14 Å². The smallest absolute Gasteiger partial charge is 0.236 e. The molecule has 0 spiro atoms. The number of sulfonamides is 1. The van der Waals surface area contributed by atoms with Gasteiger partial charge in [-0.1, -0.05) is 40.2 Å². The van der Waals surface area contributed by atoms with Crippen LogP contribution in [0.1, 0.15) is 0 Å². The number of hydrogen-bond acceptors (Lipinski definition) is 4. The molecule has 22 heavy (non-hydrogen) atoms. The average molecular weight is 395 g/mol. The molecule has 0 bridgehead atoms. The first-order chi connectivity index (χ1) is 10.4. The predicted octanol–water partition coefficient (Wildman–Crippen LogP) is 3.89. The van der Waals surface area contributed by atoms with Crippen LogP contribution in [0.25, 0.3) is 21.8 Å². The third-order valence-electron chi connectivity index (χ3n) is 3.05. The Hall–Kier alpha value is -1.54. The highest BCUT2D eigenvalue weighted by Gasteiger charge is 2.10. The first-order valence-electron chi connectivity index (χ1n) is 6.28. The van der Waals surface area contributed by atoms with Crippen LogP contribution in [0.4, 0.5) is 0 Å². The second-order valence-corrected chi connectivity index (χ2v) is 7.95. The SMILES string of the molecule is NS(=O)(=O)c1ccc(-c2csc(-c3cccc(Br)c3)n2)cc1. The second-order valence-electron chi connectivity index (χ2n) is 4.62. The lowest BCUT2D eigenvalue weighted by Gasteiger charge is -2.00. The van der Waals surface area contributed by atoms with Gasteiger partial charge in [-0.3, -0.25) is 0 Å². The molecule has 3 rings (SSSR count). The topological polar surface area (TPSA) is 73.1 Å². The molecule has 0 radical (unpaired) electrons. The number of nitrogens with two attached hydrogens (primary N) is 1. The summed E-state index contributed by atoms with van der Waals surface area (Å²) < 4.78 is 23.5. The molecule has 3 aromatic rings. The number of thiazole rings is 1. The largest absolute Gasteiger partial charge is 0.238 e. The molecule has 2 N–H and O–H groups in total. The molecule has 4 nitrogen and oxygen atoms in total. The normalized spacial score (nSPS) is 11.5. The summed E-state index contributed by atoms with van der Waals surface area (Å²) in [6.45, 7) is 0. The van der Waals surface area contributed by atoms with Crippen molar-refractivity contribution in [2.24, 2.45) is 5.14 Å². The highest BCUT2D eigenvalue weighted by atomic mass is 79.9. The number of hydrogen-bond donors (Lipinski definition) is 1. The van der Waals surface area contributed by atoms with Gasteiger partial charge >= 0.3 is 0 Å². The Morgan fingerprint density at radius 3 is 2.41 bits per heavy atom. The van der Waals surface area contributed by atoms with Gasteiger partial charge in [0.2, 0.25) is 10.0 Å². The lowest BCUT2D eigenvalue weighted by Crippen LogP contribution is -2.11. The quantitative estimate of drug-likeness (QED) is 0.731. The van der Waals surface area contributed by atoms with Gasteiger partial charge in [0.1, 0.15) is 5.01 Å². The monoisotopic (exact) mass is 394 g/mol. The standard InChI is InChI=1S/C15H11BrN2O2S2/c16-12-3-1-2-11(8-12)15-18-14(9-21-15)10-4-6-13(7-5-10)22(17,19)20/h1-9H,(H2,17,19,20). The van der Waals surface area contributed by atoms with Gasteiger partial charge in [0.15, 0.2) is 0 Å². The maximum Gasteiger partial charge on any atom is 0.238 e. The minimum atomic E-state index is -3.67. The van der Waals surface area contributed by atoms with E-state index in [1.807, 2.05) is 29.6 Å². The summed E-state index contributed by atoms with van der Waals surface area (Å²) in [5.41, 5.74) is 2.69. The Morgan fingerprint density at radius 1 is 1.05 bits per heavy atom. The molecule has 7 heteroatoms. The minimum Gasteiger partial charge on any atom is -0.236 e. The molecule has 0 aliphatic carbocycles. The zero-order chi connectivity index (χ0) is 15.7. The molecule has 1 heterocycles. The van der Waals surface area contributed by atoms with Gasteiger partial charge in [0.05, 0.1) is 10.6 Å².